The molecule has 0 aromatic carbocycles. The first-order chi connectivity index (χ1) is 3.81. The Hall–Kier alpha value is -0.660. The van der Waals surface area contributed by atoms with Crippen LogP contribution in [0.1, 0.15) is 13.8 Å². The standard InChI is InChI=1S/C6H12N2/c1-4-8-6(2)5-7-3/h3-5H2,1-2H3/b8-6-. The Morgan fingerprint density at radius 2 is 2.25 bits per heavy atom. The molecule has 2 heteroatoms. The van der Waals surface area contributed by atoms with Gasteiger partial charge in [0, 0.05) is 12.3 Å². The summed E-state index contributed by atoms with van der Waals surface area (Å²) in [5.74, 6) is 0. The third-order valence-electron chi connectivity index (χ3n) is 0.769. The van der Waals surface area contributed by atoms with Crippen LogP contribution in [0.4, 0.5) is 0 Å². The Morgan fingerprint density at radius 1 is 1.62 bits per heavy atom. The Kier molecular flexibility index (Phi) is 4.13. The van der Waals surface area contributed by atoms with Crippen molar-refractivity contribution in [1.29, 1.82) is 0 Å². The van der Waals surface area contributed by atoms with Gasteiger partial charge in [0.05, 0.1) is 6.54 Å². The number of rotatable bonds is 3. The molecule has 0 spiro atoms. The highest BCUT2D eigenvalue weighted by Crippen LogP contribution is 1.77. The van der Waals surface area contributed by atoms with Gasteiger partial charge in [0.2, 0.25) is 0 Å². The highest BCUT2D eigenvalue weighted by molar-refractivity contribution is 5.84. The zero-order chi connectivity index (χ0) is 6.41. The maximum absolute atomic E-state index is 4.10. The molecular formula is C6H12N2. The Balaban J connectivity index is 3.44. The number of hydrogen-bond acceptors (Lipinski definition) is 2. The monoisotopic (exact) mass is 112 g/mol. The van der Waals surface area contributed by atoms with Crippen LogP contribution in [0.2, 0.25) is 0 Å². The van der Waals surface area contributed by atoms with Crippen molar-refractivity contribution >= 4 is 12.4 Å². The van der Waals surface area contributed by atoms with Crippen molar-refractivity contribution in [1.82, 2.24) is 0 Å². The number of aliphatic imine (C=N–C) groups is 2. The zero-order valence-corrected chi connectivity index (χ0v) is 5.52. The average Bonchev–Trinajstić information content (AvgIpc) is 1.68. The van der Waals surface area contributed by atoms with E-state index >= 15 is 0 Å². The molecule has 0 amide bonds. The van der Waals surface area contributed by atoms with Crippen LogP contribution in [-0.4, -0.2) is 25.5 Å². The molecule has 0 atom stereocenters. The molecule has 0 aliphatic rings. The lowest BCUT2D eigenvalue weighted by Crippen LogP contribution is -1.95. The quantitative estimate of drug-likeness (QED) is 0.489. The van der Waals surface area contributed by atoms with Gasteiger partial charge in [-0.05, 0) is 20.6 Å². The third kappa shape index (κ3) is 3.53. The molecule has 0 heterocycles. The molecule has 0 saturated carbocycles. The fourth-order valence-corrected chi connectivity index (χ4v) is 0.482. The van der Waals surface area contributed by atoms with E-state index in [4.69, 9.17) is 0 Å². The van der Waals surface area contributed by atoms with E-state index in [0.717, 1.165) is 12.3 Å². The second kappa shape index (κ2) is 4.50. The summed E-state index contributed by atoms with van der Waals surface area (Å²) in [5.41, 5.74) is 1.06. The average molecular weight is 112 g/mol. The van der Waals surface area contributed by atoms with Crippen molar-refractivity contribution in [3.63, 3.8) is 0 Å². The van der Waals surface area contributed by atoms with Crippen LogP contribution >= 0.6 is 0 Å². The van der Waals surface area contributed by atoms with E-state index in [1.165, 1.54) is 0 Å². The molecule has 2 nitrogen and oxygen atoms in total. The maximum atomic E-state index is 4.10. The van der Waals surface area contributed by atoms with Crippen molar-refractivity contribution in [2.45, 2.75) is 13.8 Å². The van der Waals surface area contributed by atoms with Crippen molar-refractivity contribution < 1.29 is 0 Å². The topological polar surface area (TPSA) is 24.7 Å². The summed E-state index contributed by atoms with van der Waals surface area (Å²) >= 11 is 0. The molecule has 0 bridgehead atoms. The molecule has 0 aromatic heterocycles. The lowest BCUT2D eigenvalue weighted by Gasteiger charge is -1.89. The fourth-order valence-electron chi connectivity index (χ4n) is 0.482. The first kappa shape index (κ1) is 7.34. The summed E-state index contributed by atoms with van der Waals surface area (Å²) in [6.07, 6.45) is 0. The van der Waals surface area contributed by atoms with Crippen LogP contribution in [0, 0.1) is 0 Å². The first-order valence-electron chi connectivity index (χ1n) is 2.73. The van der Waals surface area contributed by atoms with Crippen LogP contribution in [0.5, 0.6) is 0 Å². The summed E-state index contributed by atoms with van der Waals surface area (Å²) < 4.78 is 0. The van der Waals surface area contributed by atoms with Crippen molar-refractivity contribution in [2.24, 2.45) is 9.98 Å². The lowest BCUT2D eigenvalue weighted by molar-refractivity contribution is 1.10. The molecule has 0 aromatic rings. The van der Waals surface area contributed by atoms with Gasteiger partial charge in [-0.2, -0.15) is 0 Å². The van der Waals surface area contributed by atoms with E-state index in [1.807, 2.05) is 13.8 Å². The molecule has 0 fully saturated rings. The van der Waals surface area contributed by atoms with Crippen LogP contribution in [0.15, 0.2) is 9.98 Å². The van der Waals surface area contributed by atoms with E-state index in [1.54, 1.807) is 0 Å². The predicted octanol–water partition coefficient (Wildman–Crippen LogP) is 1.17. The summed E-state index contributed by atoms with van der Waals surface area (Å²) in [4.78, 5) is 7.77. The molecular weight excluding hydrogens is 100 g/mol. The molecule has 0 aliphatic carbocycles. The highest BCUT2D eigenvalue weighted by Gasteiger charge is 1.81. The van der Waals surface area contributed by atoms with Crippen molar-refractivity contribution in [2.75, 3.05) is 13.1 Å². The molecule has 0 aliphatic heterocycles. The van der Waals surface area contributed by atoms with Gasteiger partial charge >= 0.3 is 0 Å². The number of nitrogens with zero attached hydrogens (tertiary/aromatic N) is 2. The minimum Gasteiger partial charge on any atom is -0.295 e. The van der Waals surface area contributed by atoms with Crippen LogP contribution < -0.4 is 0 Å². The summed E-state index contributed by atoms with van der Waals surface area (Å²) in [6.45, 7) is 8.84. The largest absolute Gasteiger partial charge is 0.295 e. The lowest BCUT2D eigenvalue weighted by atomic mass is 10.4. The third-order valence-corrected chi connectivity index (χ3v) is 0.769. The molecule has 0 rings (SSSR count). The first-order valence-corrected chi connectivity index (χ1v) is 2.73. The minimum atomic E-state index is 0.674. The highest BCUT2D eigenvalue weighted by atomic mass is 14.8. The van der Waals surface area contributed by atoms with Gasteiger partial charge in [0.25, 0.3) is 0 Å². The molecule has 8 heavy (non-hydrogen) atoms. The molecule has 0 saturated heterocycles. The van der Waals surface area contributed by atoms with Crippen molar-refractivity contribution in [3.05, 3.63) is 0 Å². The van der Waals surface area contributed by atoms with E-state index in [0.29, 0.717) is 6.54 Å². The SMILES string of the molecule is C=NC/C(C)=N\CC. The normalized spacial score (nSPS) is 11.5. The summed E-state index contributed by atoms with van der Waals surface area (Å²) in [7, 11) is 0. The Labute approximate surface area is 50.4 Å². The van der Waals surface area contributed by atoms with Gasteiger partial charge in [0.15, 0.2) is 0 Å². The van der Waals surface area contributed by atoms with Gasteiger partial charge in [-0.25, -0.2) is 0 Å². The van der Waals surface area contributed by atoms with E-state index < -0.39 is 0 Å². The molecule has 0 N–H and O–H groups in total. The zero-order valence-electron chi connectivity index (χ0n) is 5.52. The summed E-state index contributed by atoms with van der Waals surface area (Å²) in [5, 5.41) is 0. The van der Waals surface area contributed by atoms with Gasteiger partial charge in [-0.1, -0.05) is 0 Å². The fraction of sp³-hybridized carbons (Fsp3) is 0.667. The predicted molar refractivity (Wildman–Crippen MR) is 38.1 cm³/mol. The van der Waals surface area contributed by atoms with Gasteiger partial charge in [0.1, 0.15) is 0 Å². The Morgan fingerprint density at radius 3 is 2.62 bits per heavy atom. The van der Waals surface area contributed by atoms with E-state index in [2.05, 4.69) is 16.7 Å². The molecule has 0 radical (unpaired) electrons. The van der Waals surface area contributed by atoms with Gasteiger partial charge < -0.3 is 0 Å². The molecule has 46 valence electrons. The maximum Gasteiger partial charge on any atom is 0.0757 e. The van der Waals surface area contributed by atoms with E-state index in [-0.39, 0.29) is 0 Å². The Bertz CT molecular complexity index is 94.7. The summed E-state index contributed by atoms with van der Waals surface area (Å²) in [6, 6.07) is 0. The van der Waals surface area contributed by atoms with Gasteiger partial charge in [-0.15, -0.1) is 0 Å². The smallest absolute Gasteiger partial charge is 0.0757 e. The number of hydrogen-bond donors (Lipinski definition) is 0. The second-order valence-corrected chi connectivity index (χ2v) is 1.59. The molecule has 0 unspecified atom stereocenters. The van der Waals surface area contributed by atoms with Crippen molar-refractivity contribution in [3.8, 4) is 0 Å². The van der Waals surface area contributed by atoms with Crippen LogP contribution in [0.25, 0.3) is 0 Å². The van der Waals surface area contributed by atoms with Crippen LogP contribution in [0.3, 0.4) is 0 Å². The second-order valence-electron chi connectivity index (χ2n) is 1.59. The van der Waals surface area contributed by atoms with Crippen LogP contribution in [-0.2, 0) is 0 Å². The van der Waals surface area contributed by atoms with Gasteiger partial charge in [-0.3, -0.25) is 9.98 Å². The minimum absolute atomic E-state index is 0.674. The van der Waals surface area contributed by atoms with E-state index in [9.17, 15) is 0 Å².